The molecular formula is C8H21LiO4Si. The minimum Gasteiger partial charge on any atom is -0.368 e. The van der Waals surface area contributed by atoms with Crippen LogP contribution in [-0.2, 0) is 0 Å². The fourth-order valence-corrected chi connectivity index (χ4v) is 0.697. The van der Waals surface area contributed by atoms with Gasteiger partial charge in [-0.25, -0.2) is 0 Å². The van der Waals surface area contributed by atoms with Gasteiger partial charge in [0.05, 0.1) is 0 Å². The van der Waals surface area contributed by atoms with Crippen molar-refractivity contribution in [3.8, 4) is 0 Å². The number of unbranched alkanes of at least 4 members (excludes halogenated alkanes) is 1. The van der Waals surface area contributed by atoms with Gasteiger partial charge in [0, 0.05) is 0 Å². The Morgan fingerprint density at radius 3 is 1.71 bits per heavy atom. The molecule has 0 aromatic carbocycles. The zero-order chi connectivity index (χ0) is 10.9. The van der Waals surface area contributed by atoms with Crippen molar-refractivity contribution in [2.24, 2.45) is 5.92 Å². The Bertz CT molecular complexity index is 102. The summed E-state index contributed by atoms with van der Waals surface area (Å²) in [6.45, 7) is 8.42. The summed E-state index contributed by atoms with van der Waals surface area (Å²) in [5.74, 6) is 0.704. The van der Waals surface area contributed by atoms with Crippen molar-refractivity contribution in [2.75, 3.05) is 0 Å². The van der Waals surface area contributed by atoms with E-state index in [9.17, 15) is 0 Å². The van der Waals surface area contributed by atoms with Gasteiger partial charge in [0.15, 0.2) is 0 Å². The second-order valence-electron chi connectivity index (χ2n) is 3.02. The molecule has 0 aromatic heterocycles. The van der Waals surface area contributed by atoms with E-state index in [1.54, 1.807) is 0 Å². The normalized spacial score (nSPS) is 12.2. The summed E-state index contributed by atoms with van der Waals surface area (Å²) in [5.41, 5.74) is 0. The summed E-state index contributed by atoms with van der Waals surface area (Å²) in [5, 5.41) is 0. The van der Waals surface area contributed by atoms with Gasteiger partial charge >= 0.3 is 27.9 Å². The summed E-state index contributed by atoms with van der Waals surface area (Å²) < 4.78 is 0. The van der Waals surface area contributed by atoms with E-state index in [1.807, 2.05) is 0 Å². The van der Waals surface area contributed by atoms with Crippen molar-refractivity contribution < 1.29 is 38.0 Å². The minimum absolute atomic E-state index is 0. The molecule has 0 bridgehead atoms. The molecule has 1 unspecified atom stereocenters. The van der Waals surface area contributed by atoms with Crippen molar-refractivity contribution >= 4 is 9.05 Å². The SMILES string of the molecule is O[Si](O)(O)O.[CH2-]C(CC)CCCC.[Li+]. The zero-order valence-electron chi connectivity index (χ0n) is 9.40. The Morgan fingerprint density at radius 1 is 1.14 bits per heavy atom. The monoisotopic (exact) mass is 216 g/mol. The summed E-state index contributed by atoms with van der Waals surface area (Å²) in [7, 11) is -4.61. The van der Waals surface area contributed by atoms with E-state index >= 15 is 0 Å². The van der Waals surface area contributed by atoms with Crippen LogP contribution >= 0.6 is 0 Å². The van der Waals surface area contributed by atoms with Crippen molar-refractivity contribution in [1.29, 1.82) is 0 Å². The molecule has 82 valence electrons. The third-order valence-corrected chi connectivity index (χ3v) is 1.54. The van der Waals surface area contributed by atoms with Gasteiger partial charge in [0.1, 0.15) is 0 Å². The predicted octanol–water partition coefficient (Wildman–Crippen LogP) is -2.57. The van der Waals surface area contributed by atoms with Crippen LogP contribution in [-0.4, -0.2) is 28.2 Å². The standard InChI is InChI=1S/C8H17.Li.H4O4Si/c1-4-6-7-8(3)5-2;;1-5(2,3)4/h8H,3-7H2,1-2H3;;1-4H/q-1;+1;. The molecule has 0 radical (unpaired) electrons. The summed E-state index contributed by atoms with van der Waals surface area (Å²) in [4.78, 5) is 29.3. The van der Waals surface area contributed by atoms with E-state index in [0.29, 0.717) is 5.92 Å². The first-order valence-corrected chi connectivity index (χ1v) is 6.32. The summed E-state index contributed by atoms with van der Waals surface area (Å²) in [6, 6.07) is 0. The second kappa shape index (κ2) is 11.7. The molecule has 0 saturated carbocycles. The van der Waals surface area contributed by atoms with E-state index in [4.69, 9.17) is 19.2 Å². The van der Waals surface area contributed by atoms with Crippen molar-refractivity contribution in [1.82, 2.24) is 0 Å². The molecule has 0 rings (SSSR count). The first-order chi connectivity index (χ1) is 5.81. The van der Waals surface area contributed by atoms with E-state index in [1.165, 1.54) is 25.7 Å². The molecule has 0 saturated heterocycles. The number of hydrogen-bond acceptors (Lipinski definition) is 4. The van der Waals surface area contributed by atoms with Crippen LogP contribution in [0.15, 0.2) is 0 Å². The van der Waals surface area contributed by atoms with Gasteiger partial charge in [-0.05, 0) is 0 Å². The predicted molar refractivity (Wildman–Crippen MR) is 53.3 cm³/mol. The summed E-state index contributed by atoms with van der Waals surface area (Å²) in [6.07, 6.45) is 5.21. The van der Waals surface area contributed by atoms with Crippen LogP contribution in [0, 0.1) is 12.8 Å². The Labute approximate surface area is 99.6 Å². The minimum atomic E-state index is -4.61. The smallest absolute Gasteiger partial charge is 0.368 e. The first kappa shape index (κ1) is 20.1. The van der Waals surface area contributed by atoms with Crippen LogP contribution in [0.5, 0.6) is 0 Å². The maximum absolute atomic E-state index is 7.33. The molecule has 0 spiro atoms. The number of rotatable bonds is 4. The molecule has 0 aromatic rings. The van der Waals surface area contributed by atoms with Gasteiger partial charge in [-0.1, -0.05) is 39.5 Å². The van der Waals surface area contributed by atoms with Gasteiger partial charge < -0.3 is 26.1 Å². The molecule has 0 amide bonds. The third kappa shape index (κ3) is 38.8. The summed E-state index contributed by atoms with van der Waals surface area (Å²) >= 11 is 0. The fourth-order valence-electron chi connectivity index (χ4n) is 0.697. The maximum Gasteiger partial charge on any atom is 1.00 e. The van der Waals surface area contributed by atoms with Crippen LogP contribution in [0.25, 0.3) is 0 Å². The maximum atomic E-state index is 7.33. The molecule has 4 nitrogen and oxygen atoms in total. The van der Waals surface area contributed by atoms with Gasteiger partial charge in [0.25, 0.3) is 0 Å². The first-order valence-electron chi connectivity index (χ1n) is 4.53. The Balaban J connectivity index is -0.000000177. The average molecular weight is 216 g/mol. The Hall–Kier alpha value is 0.654. The third-order valence-electron chi connectivity index (χ3n) is 1.54. The Morgan fingerprint density at radius 2 is 1.50 bits per heavy atom. The molecule has 0 fully saturated rings. The van der Waals surface area contributed by atoms with Gasteiger partial charge in [-0.15, -0.1) is 0 Å². The molecule has 0 heterocycles. The fraction of sp³-hybridized carbons (Fsp3) is 0.875. The van der Waals surface area contributed by atoms with Gasteiger partial charge in [0.2, 0.25) is 0 Å². The average Bonchev–Trinajstić information content (AvgIpc) is 1.97. The molecule has 0 aliphatic carbocycles. The molecular weight excluding hydrogens is 195 g/mol. The molecule has 1 atom stereocenters. The second-order valence-corrected chi connectivity index (χ2v) is 4.22. The van der Waals surface area contributed by atoms with E-state index in [0.717, 1.165) is 0 Å². The molecule has 4 N–H and O–H groups in total. The Kier molecular flexibility index (Phi) is 16.9. The van der Waals surface area contributed by atoms with Crippen molar-refractivity contribution in [3.05, 3.63) is 6.92 Å². The molecule has 0 aliphatic rings. The molecule has 0 aliphatic heterocycles. The van der Waals surface area contributed by atoms with E-state index < -0.39 is 9.05 Å². The molecule has 6 heteroatoms. The van der Waals surface area contributed by atoms with Crippen molar-refractivity contribution in [2.45, 2.75) is 39.5 Å². The van der Waals surface area contributed by atoms with Crippen molar-refractivity contribution in [3.63, 3.8) is 0 Å². The number of hydrogen-bond donors (Lipinski definition) is 4. The van der Waals surface area contributed by atoms with Crippen LogP contribution in [0.2, 0.25) is 0 Å². The quantitative estimate of drug-likeness (QED) is 0.308. The largest absolute Gasteiger partial charge is 1.00 e. The van der Waals surface area contributed by atoms with Crippen LogP contribution in [0.3, 0.4) is 0 Å². The zero-order valence-corrected chi connectivity index (χ0v) is 10.4. The van der Waals surface area contributed by atoms with Crippen LogP contribution < -0.4 is 18.9 Å². The van der Waals surface area contributed by atoms with Crippen LogP contribution in [0.4, 0.5) is 0 Å². The topological polar surface area (TPSA) is 80.9 Å². The van der Waals surface area contributed by atoms with E-state index in [-0.39, 0.29) is 18.9 Å². The molecule has 14 heavy (non-hydrogen) atoms. The van der Waals surface area contributed by atoms with E-state index in [2.05, 4.69) is 20.8 Å². The van der Waals surface area contributed by atoms with Gasteiger partial charge in [-0.3, -0.25) is 0 Å². The van der Waals surface area contributed by atoms with Crippen LogP contribution in [0.1, 0.15) is 39.5 Å². The van der Waals surface area contributed by atoms with Gasteiger partial charge in [-0.2, -0.15) is 5.92 Å².